The Kier molecular flexibility index (Phi) is 11.7. The quantitative estimate of drug-likeness (QED) is 0.398. The second-order valence-corrected chi connectivity index (χ2v) is 5.22. The van der Waals surface area contributed by atoms with Crippen molar-refractivity contribution in [2.24, 2.45) is 0 Å². The molecule has 118 valence electrons. The van der Waals surface area contributed by atoms with Gasteiger partial charge in [-0.25, -0.2) is 9.59 Å². The molecule has 0 aromatic heterocycles. The number of phenolic OH excluding ortho intramolecular Hbond substituents is 1. The molecule has 0 unspecified atom stereocenters. The third-order valence-electron chi connectivity index (χ3n) is 2.22. The minimum absolute atomic E-state index is 0. The van der Waals surface area contributed by atoms with Gasteiger partial charge >= 0.3 is 35.0 Å². The average Bonchev–Trinajstić information content (AvgIpc) is 2.36. The first-order valence-electron chi connectivity index (χ1n) is 6.25. The van der Waals surface area contributed by atoms with Gasteiger partial charge < -0.3 is 24.5 Å². The molecule has 1 aromatic rings. The van der Waals surface area contributed by atoms with Crippen LogP contribution in [0.5, 0.6) is 5.75 Å². The molecule has 0 aliphatic heterocycles. The summed E-state index contributed by atoms with van der Waals surface area (Å²) in [7, 11) is 6.16. The summed E-state index contributed by atoms with van der Waals surface area (Å²) >= 11 is 0. The summed E-state index contributed by atoms with van der Waals surface area (Å²) in [4.78, 5) is 21.2. The number of carboxylic acids is 1. The number of aliphatic carboxylic acids is 1. The molecule has 3 N–H and O–H groups in total. The van der Waals surface area contributed by atoms with Crippen LogP contribution in [0.15, 0.2) is 24.3 Å². The molecule has 0 atom stereocenters. The van der Waals surface area contributed by atoms with Crippen LogP contribution in [0.4, 0.5) is 0 Å². The number of carbonyl (C=O) groups is 2. The van der Waals surface area contributed by atoms with Gasteiger partial charge in [0.2, 0.25) is 0 Å². The number of carbonyl (C=O) groups excluding carboxylic acids is 1. The van der Waals surface area contributed by atoms with Crippen molar-refractivity contribution in [1.82, 2.24) is 0 Å². The number of nitrogens with zero attached hydrogens (tertiary/aromatic N) is 1. The number of hydrogen-bond acceptors (Lipinski definition) is 5. The third-order valence-corrected chi connectivity index (χ3v) is 2.22. The summed E-state index contributed by atoms with van der Waals surface area (Å²) in [5.41, 5.74) is -0.0475. The topological polar surface area (TPSA) is 104 Å². The van der Waals surface area contributed by atoms with Crippen molar-refractivity contribution in [1.29, 1.82) is 0 Å². The van der Waals surface area contributed by atoms with Crippen molar-refractivity contribution in [3.05, 3.63) is 29.8 Å². The predicted octanol–water partition coefficient (Wildman–Crippen LogP) is -0.0623. The molecule has 1 aromatic carbocycles. The van der Waals surface area contributed by atoms with Crippen molar-refractivity contribution in [3.63, 3.8) is 0 Å². The van der Waals surface area contributed by atoms with E-state index in [1.165, 1.54) is 18.2 Å². The molecule has 0 aliphatic rings. The zero-order chi connectivity index (χ0) is 16.5. The zero-order valence-corrected chi connectivity index (χ0v) is 14.6. The Hall–Kier alpha value is -1.35. The van der Waals surface area contributed by atoms with E-state index in [4.69, 9.17) is 10.2 Å². The van der Waals surface area contributed by atoms with Gasteiger partial charge in [0.15, 0.2) is 6.61 Å². The molecule has 0 radical (unpaired) electrons. The fourth-order valence-electron chi connectivity index (χ4n) is 1.15. The van der Waals surface area contributed by atoms with E-state index in [2.05, 4.69) is 25.9 Å². The molecule has 7 nitrogen and oxygen atoms in total. The number of para-hydroxylation sites is 1. The van der Waals surface area contributed by atoms with Crippen LogP contribution in [0, 0.1) is 0 Å². The maximum Gasteiger partial charge on any atom is 2.00 e. The van der Waals surface area contributed by atoms with Crippen molar-refractivity contribution in [2.45, 2.75) is 0 Å². The molecule has 0 fully saturated rings. The van der Waals surface area contributed by atoms with Crippen molar-refractivity contribution in [3.8, 4) is 5.75 Å². The summed E-state index contributed by atoms with van der Waals surface area (Å²) in [6, 6.07) is 5.75. The monoisotopic (exact) mass is 324 g/mol. The first-order chi connectivity index (χ1) is 9.67. The number of rotatable bonds is 5. The van der Waals surface area contributed by atoms with E-state index in [1.54, 1.807) is 6.07 Å². The Morgan fingerprint density at radius 3 is 2.09 bits per heavy atom. The van der Waals surface area contributed by atoms with Crippen LogP contribution in [0.2, 0.25) is 0 Å². The maximum atomic E-state index is 11.1. The van der Waals surface area contributed by atoms with Gasteiger partial charge in [0.05, 0.1) is 27.7 Å². The van der Waals surface area contributed by atoms with Gasteiger partial charge in [0.1, 0.15) is 17.9 Å². The number of aromatic hydroxyl groups is 1. The third kappa shape index (κ3) is 11.3. The van der Waals surface area contributed by atoms with Gasteiger partial charge in [0.25, 0.3) is 0 Å². The normalized spacial score (nSPS) is 9.82. The number of hydrogen-bond donors (Lipinski definition) is 3. The molecule has 22 heavy (non-hydrogen) atoms. The summed E-state index contributed by atoms with van der Waals surface area (Å²) in [5.74, 6) is -2.33. The van der Waals surface area contributed by atoms with Crippen LogP contribution in [0.25, 0.3) is 0 Å². The molecule has 8 heteroatoms. The molecular weight excluding hydrogens is 302 g/mol. The van der Waals surface area contributed by atoms with Gasteiger partial charge in [-0.05, 0) is 12.1 Å². The van der Waals surface area contributed by atoms with E-state index in [9.17, 15) is 14.7 Å². The standard InChI is InChI=1S/C9H8O5.C5H14NO.Mg/c10-7-4-2-1-3-6(7)9(13)14-5-8(11)12;1-6(2,3)4-5-7;/h1-4,10H,5H2,(H,11,12);7H,4-5H2,1-3H3;/q;+1;+2. The molecule has 0 saturated carbocycles. The summed E-state index contributed by atoms with van der Waals surface area (Å²) in [5, 5.41) is 25.8. The Balaban J connectivity index is 0. The largest absolute Gasteiger partial charge is 2.00 e. The van der Waals surface area contributed by atoms with E-state index < -0.39 is 18.5 Å². The number of esters is 1. The van der Waals surface area contributed by atoms with E-state index in [0.717, 1.165) is 11.0 Å². The number of quaternary nitrogens is 1. The SMILES string of the molecule is C[N+](C)(C)CCO.O=C(O)COC(=O)c1ccccc1O.[Mg+2]. The zero-order valence-electron chi connectivity index (χ0n) is 13.2. The smallest absolute Gasteiger partial charge is 0.507 e. The Morgan fingerprint density at radius 1 is 1.18 bits per heavy atom. The number of benzene rings is 1. The number of aliphatic hydroxyl groups excluding tert-OH is 1. The molecule has 0 heterocycles. The molecule has 0 saturated heterocycles. The van der Waals surface area contributed by atoms with Gasteiger partial charge in [-0.1, -0.05) is 12.1 Å². The van der Waals surface area contributed by atoms with Gasteiger partial charge in [0, 0.05) is 0 Å². The maximum absolute atomic E-state index is 11.1. The van der Waals surface area contributed by atoms with Crippen molar-refractivity contribution >= 4 is 35.0 Å². The molecule has 0 bridgehead atoms. The average molecular weight is 325 g/mol. The number of carboxylic acid groups (broad SMARTS) is 1. The number of phenols is 1. The predicted molar refractivity (Wildman–Crippen MR) is 81.8 cm³/mol. The first-order valence-corrected chi connectivity index (χ1v) is 6.25. The van der Waals surface area contributed by atoms with E-state index in [-0.39, 0.29) is 41.0 Å². The Labute approximate surface area is 145 Å². The summed E-state index contributed by atoms with van der Waals surface area (Å²) in [6.45, 7) is 0.399. The second kappa shape index (κ2) is 11.2. The van der Waals surface area contributed by atoms with Crippen LogP contribution in [-0.4, -0.2) is 95.7 Å². The minimum Gasteiger partial charge on any atom is -0.507 e. The number of aliphatic hydroxyl groups is 1. The summed E-state index contributed by atoms with van der Waals surface area (Å²) < 4.78 is 5.22. The Bertz CT molecular complexity index is 473. The molecule has 1 rings (SSSR count). The molecular formula is C14H22MgNO6+3. The fraction of sp³-hybridized carbons (Fsp3) is 0.429. The van der Waals surface area contributed by atoms with Crippen LogP contribution in [0.1, 0.15) is 10.4 Å². The second-order valence-electron chi connectivity index (χ2n) is 5.22. The minimum atomic E-state index is -1.24. The fourth-order valence-corrected chi connectivity index (χ4v) is 1.15. The van der Waals surface area contributed by atoms with Crippen molar-refractivity contribution in [2.75, 3.05) is 40.9 Å². The van der Waals surface area contributed by atoms with Crippen molar-refractivity contribution < 1.29 is 34.1 Å². The number of ether oxygens (including phenoxy) is 1. The Morgan fingerprint density at radius 2 is 1.73 bits per heavy atom. The van der Waals surface area contributed by atoms with Crippen LogP contribution < -0.4 is 0 Å². The molecule has 0 aliphatic carbocycles. The van der Waals surface area contributed by atoms with E-state index in [1.807, 2.05) is 0 Å². The molecule has 0 amide bonds. The summed E-state index contributed by atoms with van der Waals surface area (Å²) in [6.07, 6.45) is 0. The van der Waals surface area contributed by atoms with E-state index >= 15 is 0 Å². The molecule has 0 spiro atoms. The van der Waals surface area contributed by atoms with Crippen LogP contribution in [0.3, 0.4) is 0 Å². The van der Waals surface area contributed by atoms with Gasteiger partial charge in [-0.15, -0.1) is 0 Å². The van der Waals surface area contributed by atoms with Gasteiger partial charge in [-0.2, -0.15) is 0 Å². The number of likely N-dealkylation sites (N-methyl/N-ethyl adjacent to an activating group) is 1. The van der Waals surface area contributed by atoms with Crippen LogP contribution in [-0.2, 0) is 9.53 Å². The first kappa shape index (κ1) is 22.9. The van der Waals surface area contributed by atoms with E-state index in [0.29, 0.717) is 0 Å². The van der Waals surface area contributed by atoms with Gasteiger partial charge in [-0.3, -0.25) is 0 Å². The van der Waals surface area contributed by atoms with Crippen LogP contribution >= 0.6 is 0 Å².